The van der Waals surface area contributed by atoms with Crippen molar-refractivity contribution < 1.29 is 0 Å². The predicted octanol–water partition coefficient (Wildman–Crippen LogP) is 3.19. The summed E-state index contributed by atoms with van der Waals surface area (Å²) in [6, 6.07) is 9.74. The Kier molecular flexibility index (Phi) is 4.39. The largest absolute Gasteiger partial charge is 0.322 e. The monoisotopic (exact) mass is 263 g/mol. The second-order valence-electron chi connectivity index (χ2n) is 4.38. The van der Waals surface area contributed by atoms with Crippen molar-refractivity contribution in [3.8, 4) is 0 Å². The molecule has 0 amide bonds. The zero-order valence-corrected chi connectivity index (χ0v) is 11.3. The molecule has 0 radical (unpaired) electrons. The van der Waals surface area contributed by atoms with E-state index in [1.54, 1.807) is 6.20 Å². The van der Waals surface area contributed by atoms with Crippen molar-refractivity contribution in [2.75, 3.05) is 0 Å². The lowest BCUT2D eigenvalue weighted by Gasteiger charge is -2.14. The Balaban J connectivity index is 2.14. The van der Waals surface area contributed by atoms with Crippen LogP contribution >= 0.6 is 11.6 Å². The van der Waals surface area contributed by atoms with E-state index in [4.69, 9.17) is 17.3 Å². The highest BCUT2D eigenvalue weighted by atomic mass is 35.5. The lowest BCUT2D eigenvalue weighted by Crippen LogP contribution is -2.18. The topological polar surface area (TPSA) is 43.8 Å². The van der Waals surface area contributed by atoms with E-state index in [9.17, 15) is 0 Å². The minimum absolute atomic E-state index is 0.0704. The molecule has 0 aliphatic rings. The average Bonchev–Trinajstić information content (AvgIpc) is 2.81. The van der Waals surface area contributed by atoms with E-state index >= 15 is 0 Å². The number of nitrogens with zero attached hydrogens (tertiary/aromatic N) is 2. The fourth-order valence-corrected chi connectivity index (χ4v) is 2.27. The molecule has 1 aromatic carbocycles. The Morgan fingerprint density at radius 2 is 2.11 bits per heavy atom. The second-order valence-corrected chi connectivity index (χ2v) is 4.79. The molecule has 0 saturated carbocycles. The van der Waals surface area contributed by atoms with Gasteiger partial charge in [-0.05, 0) is 30.5 Å². The van der Waals surface area contributed by atoms with Crippen molar-refractivity contribution >= 4 is 11.6 Å². The molecular weight excluding hydrogens is 246 g/mol. The lowest BCUT2D eigenvalue weighted by atomic mass is 10.0. The highest BCUT2D eigenvalue weighted by Crippen LogP contribution is 2.21. The molecular formula is C14H18ClN3. The minimum atomic E-state index is -0.0704. The Hall–Kier alpha value is -1.32. The molecule has 2 N–H and O–H groups in total. The fraction of sp³-hybridized carbons (Fsp3) is 0.357. The van der Waals surface area contributed by atoms with Gasteiger partial charge in [0.1, 0.15) is 0 Å². The van der Waals surface area contributed by atoms with Gasteiger partial charge in [-0.1, -0.05) is 36.7 Å². The molecule has 0 aliphatic carbocycles. The highest BCUT2D eigenvalue weighted by Gasteiger charge is 2.13. The van der Waals surface area contributed by atoms with Crippen LogP contribution in [0.3, 0.4) is 0 Å². The van der Waals surface area contributed by atoms with Gasteiger partial charge in [0.15, 0.2) is 0 Å². The molecule has 0 bridgehead atoms. The third-order valence-corrected chi connectivity index (χ3v) is 3.33. The molecule has 1 heterocycles. The molecule has 96 valence electrons. The third kappa shape index (κ3) is 2.92. The van der Waals surface area contributed by atoms with E-state index in [2.05, 4.69) is 12.0 Å². The number of rotatable bonds is 5. The minimum Gasteiger partial charge on any atom is -0.322 e. The van der Waals surface area contributed by atoms with Crippen LogP contribution in [-0.4, -0.2) is 9.78 Å². The summed E-state index contributed by atoms with van der Waals surface area (Å²) in [6.07, 6.45) is 3.58. The van der Waals surface area contributed by atoms with Crippen molar-refractivity contribution in [2.45, 2.75) is 32.4 Å². The van der Waals surface area contributed by atoms with E-state index in [0.29, 0.717) is 0 Å². The molecule has 2 aromatic rings. The average molecular weight is 264 g/mol. The highest BCUT2D eigenvalue weighted by molar-refractivity contribution is 6.31. The van der Waals surface area contributed by atoms with Crippen LogP contribution in [0.15, 0.2) is 36.5 Å². The zero-order chi connectivity index (χ0) is 13.0. The number of halogens is 1. The van der Waals surface area contributed by atoms with Gasteiger partial charge in [-0.25, -0.2) is 0 Å². The van der Waals surface area contributed by atoms with Gasteiger partial charge < -0.3 is 5.73 Å². The van der Waals surface area contributed by atoms with Gasteiger partial charge in [0.05, 0.1) is 11.7 Å². The lowest BCUT2D eigenvalue weighted by molar-refractivity contribution is 0.538. The van der Waals surface area contributed by atoms with Crippen LogP contribution < -0.4 is 5.73 Å². The van der Waals surface area contributed by atoms with E-state index in [1.165, 1.54) is 0 Å². The molecule has 1 atom stereocenters. The molecule has 2 rings (SSSR count). The Morgan fingerprint density at radius 1 is 1.33 bits per heavy atom. The number of nitrogens with two attached hydrogens (primary N) is 1. The van der Waals surface area contributed by atoms with Gasteiger partial charge in [-0.3, -0.25) is 4.68 Å². The molecule has 0 saturated heterocycles. The van der Waals surface area contributed by atoms with Crippen LogP contribution in [0.25, 0.3) is 0 Å². The quantitative estimate of drug-likeness (QED) is 0.900. The summed E-state index contributed by atoms with van der Waals surface area (Å²) in [7, 11) is 0. The third-order valence-electron chi connectivity index (χ3n) is 2.96. The van der Waals surface area contributed by atoms with Gasteiger partial charge >= 0.3 is 0 Å². The van der Waals surface area contributed by atoms with Gasteiger partial charge in [0.2, 0.25) is 0 Å². The van der Waals surface area contributed by atoms with Crippen LogP contribution in [-0.2, 0) is 13.0 Å². The van der Waals surface area contributed by atoms with Crippen LogP contribution in [0.1, 0.15) is 30.6 Å². The standard InChI is InChI=1S/C14H18ClN3/c1-2-9-18-14(7-8-17-18)13(16)10-11-5-3-4-6-12(11)15/h3-8,13H,2,9-10,16H2,1H3. The Morgan fingerprint density at radius 3 is 2.83 bits per heavy atom. The zero-order valence-electron chi connectivity index (χ0n) is 10.5. The van der Waals surface area contributed by atoms with Crippen molar-refractivity contribution in [3.63, 3.8) is 0 Å². The SMILES string of the molecule is CCCn1nccc1C(N)Cc1ccccc1Cl. The summed E-state index contributed by atoms with van der Waals surface area (Å²) in [5.41, 5.74) is 8.40. The number of hydrogen-bond acceptors (Lipinski definition) is 2. The first-order valence-electron chi connectivity index (χ1n) is 6.23. The molecule has 4 heteroatoms. The van der Waals surface area contributed by atoms with Crippen molar-refractivity contribution in [2.24, 2.45) is 5.73 Å². The van der Waals surface area contributed by atoms with Crippen LogP contribution in [0, 0.1) is 0 Å². The van der Waals surface area contributed by atoms with E-state index < -0.39 is 0 Å². The van der Waals surface area contributed by atoms with Gasteiger partial charge in [0.25, 0.3) is 0 Å². The van der Waals surface area contributed by atoms with Crippen LogP contribution in [0.2, 0.25) is 5.02 Å². The summed E-state index contributed by atoms with van der Waals surface area (Å²) in [5.74, 6) is 0. The van der Waals surface area contributed by atoms with Crippen LogP contribution in [0.4, 0.5) is 0 Å². The number of aromatic nitrogens is 2. The summed E-state index contributed by atoms with van der Waals surface area (Å²) in [6.45, 7) is 3.03. The van der Waals surface area contributed by atoms with Crippen molar-refractivity contribution in [1.82, 2.24) is 9.78 Å². The molecule has 3 nitrogen and oxygen atoms in total. The molecule has 1 unspecified atom stereocenters. The predicted molar refractivity (Wildman–Crippen MR) is 74.6 cm³/mol. The first-order valence-corrected chi connectivity index (χ1v) is 6.61. The Bertz CT molecular complexity index is 507. The number of benzene rings is 1. The first kappa shape index (κ1) is 13.1. The number of hydrogen-bond donors (Lipinski definition) is 1. The second kappa shape index (κ2) is 6.03. The van der Waals surface area contributed by atoms with Crippen LogP contribution in [0.5, 0.6) is 0 Å². The summed E-state index contributed by atoms with van der Waals surface area (Å²) >= 11 is 6.15. The molecule has 0 spiro atoms. The molecule has 0 fully saturated rings. The fourth-order valence-electron chi connectivity index (χ4n) is 2.06. The maximum atomic E-state index is 6.25. The van der Waals surface area contributed by atoms with Gasteiger partial charge in [0, 0.05) is 17.8 Å². The Labute approximate surface area is 113 Å². The van der Waals surface area contributed by atoms with Gasteiger partial charge in [-0.15, -0.1) is 0 Å². The number of aryl methyl sites for hydroxylation is 1. The molecule has 1 aromatic heterocycles. The maximum absolute atomic E-state index is 6.25. The van der Waals surface area contributed by atoms with Crippen molar-refractivity contribution in [3.05, 3.63) is 52.8 Å². The van der Waals surface area contributed by atoms with Gasteiger partial charge in [-0.2, -0.15) is 5.10 Å². The van der Waals surface area contributed by atoms with E-state index in [1.807, 2.05) is 35.0 Å². The summed E-state index contributed by atoms with van der Waals surface area (Å²) in [4.78, 5) is 0. The molecule has 0 aliphatic heterocycles. The van der Waals surface area contributed by atoms with E-state index in [-0.39, 0.29) is 6.04 Å². The van der Waals surface area contributed by atoms with Crippen molar-refractivity contribution in [1.29, 1.82) is 0 Å². The molecule has 18 heavy (non-hydrogen) atoms. The summed E-state index contributed by atoms with van der Waals surface area (Å²) < 4.78 is 1.97. The smallest absolute Gasteiger partial charge is 0.0554 e. The maximum Gasteiger partial charge on any atom is 0.0554 e. The van der Waals surface area contributed by atoms with E-state index in [0.717, 1.165) is 35.7 Å². The summed E-state index contributed by atoms with van der Waals surface area (Å²) in [5, 5.41) is 5.07. The first-order chi connectivity index (χ1) is 8.72. The normalized spacial score (nSPS) is 12.6.